The SMILES string of the molecule is Nc1nnc(-c2ccc3[nH]cc(-c4cccc(-n5ccccc5=O)n4)c3c2)s1.Nc1nnc(-c2ccc3[nH]cc(-c4cccc(N5CCCCC5=O)n4)c3c2)s1. The number of aromatic amines is 2. The van der Waals surface area contributed by atoms with E-state index in [1.54, 1.807) is 17.2 Å². The van der Waals surface area contributed by atoms with Gasteiger partial charge in [0.1, 0.15) is 21.7 Å². The summed E-state index contributed by atoms with van der Waals surface area (Å²) in [6.45, 7) is 0.728. The van der Waals surface area contributed by atoms with Crippen molar-refractivity contribution in [3.63, 3.8) is 0 Å². The maximum Gasteiger partial charge on any atom is 0.256 e. The predicted molar refractivity (Wildman–Crippen MR) is 221 cm³/mol. The van der Waals surface area contributed by atoms with Crippen LogP contribution in [0.1, 0.15) is 19.3 Å². The number of carbonyl (C=O) groups excluding carboxylic acids is 1. The van der Waals surface area contributed by atoms with E-state index < -0.39 is 0 Å². The summed E-state index contributed by atoms with van der Waals surface area (Å²) in [6.07, 6.45) is 8.14. The largest absolute Gasteiger partial charge is 0.374 e. The van der Waals surface area contributed by atoms with E-state index in [9.17, 15) is 9.59 Å². The van der Waals surface area contributed by atoms with Gasteiger partial charge >= 0.3 is 0 Å². The lowest BCUT2D eigenvalue weighted by atomic mass is 10.1. The number of amides is 1. The van der Waals surface area contributed by atoms with E-state index in [1.165, 1.54) is 33.3 Å². The predicted octanol–water partition coefficient (Wildman–Crippen LogP) is 7.33. The zero-order valence-electron chi connectivity index (χ0n) is 29.6. The molecule has 0 atom stereocenters. The molecule has 276 valence electrons. The third-order valence-electron chi connectivity index (χ3n) is 9.43. The molecule has 1 aliphatic rings. The molecule has 0 unspecified atom stereocenters. The van der Waals surface area contributed by atoms with Crippen LogP contribution in [0.2, 0.25) is 0 Å². The fourth-order valence-corrected chi connectivity index (χ4v) is 7.94. The highest BCUT2D eigenvalue weighted by atomic mass is 32.1. The molecule has 2 aromatic carbocycles. The summed E-state index contributed by atoms with van der Waals surface area (Å²) in [5, 5.41) is 20.5. The van der Waals surface area contributed by atoms with Crippen molar-refractivity contribution in [3.05, 3.63) is 120 Å². The topological polar surface area (TPSA) is 203 Å². The van der Waals surface area contributed by atoms with Crippen LogP contribution < -0.4 is 21.9 Å². The molecule has 1 fully saturated rings. The molecule has 6 N–H and O–H groups in total. The smallest absolute Gasteiger partial charge is 0.256 e. The van der Waals surface area contributed by atoms with E-state index in [0.29, 0.717) is 28.3 Å². The summed E-state index contributed by atoms with van der Waals surface area (Å²) >= 11 is 2.71. The minimum Gasteiger partial charge on any atom is -0.374 e. The Morgan fingerprint density at radius 1 is 0.625 bits per heavy atom. The number of hydrogen-bond acceptors (Lipinski definition) is 12. The van der Waals surface area contributed by atoms with E-state index in [-0.39, 0.29) is 11.5 Å². The average Bonchev–Trinajstić information content (AvgIpc) is 4.05. The van der Waals surface area contributed by atoms with Gasteiger partial charge in [0.05, 0.1) is 11.4 Å². The van der Waals surface area contributed by atoms with E-state index in [2.05, 4.69) is 36.4 Å². The molecule has 0 bridgehead atoms. The minimum atomic E-state index is -0.123. The van der Waals surface area contributed by atoms with Crippen molar-refractivity contribution < 1.29 is 4.79 Å². The third-order valence-corrected chi connectivity index (χ3v) is 11.0. The maximum absolute atomic E-state index is 12.3. The Morgan fingerprint density at radius 2 is 1.21 bits per heavy atom. The number of fused-ring (bicyclic) bond motifs is 2. The van der Waals surface area contributed by atoms with Crippen LogP contribution in [-0.2, 0) is 4.79 Å². The zero-order valence-corrected chi connectivity index (χ0v) is 31.2. The summed E-state index contributed by atoms with van der Waals surface area (Å²) in [5.41, 5.74) is 18.8. The van der Waals surface area contributed by atoms with Crippen LogP contribution in [-0.4, -0.2) is 57.3 Å². The van der Waals surface area contributed by atoms with E-state index in [1.807, 2.05) is 85.2 Å². The van der Waals surface area contributed by atoms with Gasteiger partial charge in [-0.15, -0.1) is 20.4 Å². The fraction of sp³-hybridized carbons (Fsp3) is 0.100. The standard InChI is InChI=1S/C20H18N6OS.C20H14N6OS/c2*21-20-25-24-19(28-20)12-7-8-15-13(10-12)14(11-22-15)16-4-3-5-17(23-16)26-9-2-1-6-18(26)27/h3-5,7-8,10-11,22H,1-2,6,9H2,(H2,21,25);1-11,22H,(H2,21,25). The first-order valence-corrected chi connectivity index (χ1v) is 19.4. The van der Waals surface area contributed by atoms with Gasteiger partial charge in [0.25, 0.3) is 5.56 Å². The van der Waals surface area contributed by atoms with Gasteiger partial charge in [-0.1, -0.05) is 40.9 Å². The summed E-state index contributed by atoms with van der Waals surface area (Å²) in [7, 11) is 0. The lowest BCUT2D eigenvalue weighted by Crippen LogP contribution is -2.35. The minimum absolute atomic E-state index is 0.123. The van der Waals surface area contributed by atoms with Crippen LogP contribution in [0.4, 0.5) is 16.1 Å². The number of nitrogens with two attached hydrogens (primary N) is 2. The second kappa shape index (κ2) is 14.7. The van der Waals surface area contributed by atoms with E-state index >= 15 is 0 Å². The Bertz CT molecular complexity index is 2940. The molecule has 56 heavy (non-hydrogen) atoms. The molecule has 9 aromatic rings. The lowest BCUT2D eigenvalue weighted by molar-refractivity contribution is -0.119. The molecule has 0 saturated carbocycles. The number of nitrogen functional groups attached to an aromatic ring is 2. The van der Waals surface area contributed by atoms with E-state index in [0.717, 1.165) is 84.8 Å². The zero-order chi connectivity index (χ0) is 38.2. The number of carbonyl (C=O) groups is 1. The molecule has 14 nitrogen and oxygen atoms in total. The summed E-state index contributed by atoms with van der Waals surface area (Å²) in [6, 6.07) is 28.6. The number of benzene rings is 2. The first-order valence-electron chi connectivity index (χ1n) is 17.7. The normalized spacial score (nSPS) is 12.9. The third kappa shape index (κ3) is 6.78. The number of rotatable bonds is 6. The van der Waals surface area contributed by atoms with Gasteiger partial charge in [0.2, 0.25) is 16.2 Å². The first-order chi connectivity index (χ1) is 27.4. The number of nitrogens with zero attached hydrogens (tertiary/aromatic N) is 8. The summed E-state index contributed by atoms with van der Waals surface area (Å²) < 4.78 is 1.52. The number of aromatic nitrogens is 9. The van der Waals surface area contributed by atoms with Crippen molar-refractivity contribution in [2.75, 3.05) is 22.9 Å². The Morgan fingerprint density at radius 3 is 1.77 bits per heavy atom. The Hall–Kier alpha value is -7.04. The molecule has 0 radical (unpaired) electrons. The van der Waals surface area contributed by atoms with Gasteiger partial charge in [-0.3, -0.25) is 19.1 Å². The van der Waals surface area contributed by atoms with Crippen molar-refractivity contribution in [2.45, 2.75) is 19.3 Å². The highest BCUT2D eigenvalue weighted by molar-refractivity contribution is 7.18. The van der Waals surface area contributed by atoms with Crippen LogP contribution in [0.25, 0.3) is 71.3 Å². The highest BCUT2D eigenvalue weighted by Gasteiger charge is 2.21. The van der Waals surface area contributed by atoms with Gasteiger partial charge in [-0.25, -0.2) is 9.97 Å². The molecule has 1 saturated heterocycles. The van der Waals surface area contributed by atoms with Crippen molar-refractivity contribution >= 4 is 66.5 Å². The van der Waals surface area contributed by atoms with Crippen molar-refractivity contribution in [3.8, 4) is 49.5 Å². The monoisotopic (exact) mass is 776 g/mol. The number of nitrogens with one attached hydrogen (secondary N) is 2. The maximum atomic E-state index is 12.3. The van der Waals surface area contributed by atoms with Gasteiger partial charge in [-0.05, 0) is 79.6 Å². The number of hydrogen-bond donors (Lipinski definition) is 4. The second-order valence-corrected chi connectivity index (χ2v) is 15.0. The molecule has 0 aliphatic carbocycles. The molecule has 0 spiro atoms. The van der Waals surface area contributed by atoms with Crippen LogP contribution in [0.5, 0.6) is 0 Å². The number of piperidine rings is 1. The molecular weight excluding hydrogens is 745 g/mol. The number of pyridine rings is 3. The molecule has 8 heterocycles. The average molecular weight is 777 g/mol. The Labute approximate surface area is 326 Å². The Kier molecular flexibility index (Phi) is 9.08. The fourth-order valence-electron chi connectivity index (χ4n) is 6.73. The van der Waals surface area contributed by atoms with Gasteiger partial charge in [-0.2, -0.15) is 0 Å². The highest BCUT2D eigenvalue weighted by Crippen LogP contribution is 2.35. The number of anilines is 3. The van der Waals surface area contributed by atoms with Gasteiger partial charge < -0.3 is 21.4 Å². The van der Waals surface area contributed by atoms with Crippen LogP contribution in [0.3, 0.4) is 0 Å². The number of H-pyrrole nitrogens is 2. The van der Waals surface area contributed by atoms with Crippen molar-refractivity contribution in [1.29, 1.82) is 0 Å². The van der Waals surface area contributed by atoms with Crippen LogP contribution >= 0.6 is 22.7 Å². The van der Waals surface area contributed by atoms with Crippen molar-refractivity contribution in [1.82, 2.24) is 44.9 Å². The molecule has 7 aromatic heterocycles. The summed E-state index contributed by atoms with van der Waals surface area (Å²) in [4.78, 5) is 42.2. The molecule has 16 heteroatoms. The van der Waals surface area contributed by atoms with Gasteiger partial charge in [0.15, 0.2) is 0 Å². The summed E-state index contributed by atoms with van der Waals surface area (Å²) in [5.74, 6) is 1.43. The molecule has 10 rings (SSSR count). The van der Waals surface area contributed by atoms with Crippen LogP contribution in [0, 0.1) is 0 Å². The van der Waals surface area contributed by atoms with E-state index in [4.69, 9.17) is 21.4 Å². The molecule has 1 amide bonds. The molecule has 1 aliphatic heterocycles. The first kappa shape index (κ1) is 34.7. The Balaban J connectivity index is 0.000000146. The van der Waals surface area contributed by atoms with Gasteiger partial charge in [0, 0.05) is 81.7 Å². The molecular formula is C40H32N12O2S2. The van der Waals surface area contributed by atoms with Crippen molar-refractivity contribution in [2.24, 2.45) is 0 Å². The lowest BCUT2D eigenvalue weighted by Gasteiger charge is -2.26. The second-order valence-electron chi connectivity index (χ2n) is 13.0. The van der Waals surface area contributed by atoms with Crippen LogP contribution in [0.15, 0.2) is 114 Å². The quantitative estimate of drug-likeness (QED) is 0.132.